The minimum Gasteiger partial charge on any atom is -0.0629 e. The van der Waals surface area contributed by atoms with Gasteiger partial charge in [0.05, 0.1) is 0 Å². The maximum absolute atomic E-state index is 2.46. The first-order valence-corrected chi connectivity index (χ1v) is 11.5. The lowest BCUT2D eigenvalue weighted by molar-refractivity contribution is 0.587. The maximum Gasteiger partial charge on any atom is 0.00317 e. The molecule has 0 bridgehead atoms. The summed E-state index contributed by atoms with van der Waals surface area (Å²) in [6, 6.07) is 12.0. The highest BCUT2D eigenvalue weighted by Gasteiger charge is 2.34. The summed E-state index contributed by atoms with van der Waals surface area (Å²) in [6.07, 6.45) is 1.05. The van der Waals surface area contributed by atoms with Gasteiger partial charge in [-0.15, -0.1) is 0 Å². The van der Waals surface area contributed by atoms with Crippen LogP contribution in [0.1, 0.15) is 97.1 Å². The summed E-state index contributed by atoms with van der Waals surface area (Å²) in [6.45, 7) is 23.4. The van der Waals surface area contributed by atoms with Crippen molar-refractivity contribution in [1.29, 1.82) is 0 Å². The molecule has 0 saturated carbocycles. The lowest BCUT2D eigenvalue weighted by Crippen LogP contribution is -2.17. The summed E-state index contributed by atoms with van der Waals surface area (Å²) in [5.74, 6) is 0.492. The van der Waals surface area contributed by atoms with Gasteiger partial charge in [-0.25, -0.2) is 0 Å². The first kappa shape index (κ1) is 21.2. The van der Waals surface area contributed by atoms with Crippen LogP contribution in [0.4, 0.5) is 0 Å². The molecular weight excluding hydrogens is 360 g/mol. The summed E-state index contributed by atoms with van der Waals surface area (Å²) in [4.78, 5) is 0. The third-order valence-corrected chi connectivity index (χ3v) is 7.66. The van der Waals surface area contributed by atoms with Crippen LogP contribution < -0.4 is 0 Å². The van der Waals surface area contributed by atoms with E-state index < -0.39 is 0 Å². The molecule has 0 saturated heterocycles. The zero-order valence-corrected chi connectivity index (χ0v) is 20.7. The van der Waals surface area contributed by atoms with Gasteiger partial charge in [-0.2, -0.15) is 0 Å². The Labute approximate surface area is 184 Å². The molecule has 158 valence electrons. The van der Waals surface area contributed by atoms with Crippen LogP contribution in [0.25, 0.3) is 16.7 Å². The summed E-state index contributed by atoms with van der Waals surface area (Å²) < 4.78 is 0. The minimum absolute atomic E-state index is 0.118. The van der Waals surface area contributed by atoms with E-state index in [9.17, 15) is 0 Å². The molecule has 0 radical (unpaired) electrons. The van der Waals surface area contributed by atoms with Crippen LogP contribution in [0.3, 0.4) is 0 Å². The van der Waals surface area contributed by atoms with Crippen LogP contribution in [0, 0.1) is 5.92 Å². The Morgan fingerprint density at radius 3 is 1.93 bits per heavy atom. The van der Waals surface area contributed by atoms with Gasteiger partial charge in [-0.1, -0.05) is 84.4 Å². The van der Waals surface area contributed by atoms with Crippen molar-refractivity contribution < 1.29 is 0 Å². The number of hydrogen-bond acceptors (Lipinski definition) is 0. The highest BCUT2D eigenvalue weighted by molar-refractivity contribution is 5.89. The molecule has 0 heterocycles. The average molecular weight is 399 g/mol. The van der Waals surface area contributed by atoms with Gasteiger partial charge >= 0.3 is 0 Å². The van der Waals surface area contributed by atoms with E-state index in [0.29, 0.717) is 5.92 Å². The van der Waals surface area contributed by atoms with E-state index in [1.54, 1.807) is 11.1 Å². The molecule has 0 spiro atoms. The Morgan fingerprint density at radius 2 is 1.40 bits per heavy atom. The first-order valence-electron chi connectivity index (χ1n) is 11.5. The zero-order chi connectivity index (χ0) is 22.2. The van der Waals surface area contributed by atoms with Crippen LogP contribution in [0.2, 0.25) is 0 Å². The molecule has 1 unspecified atom stereocenters. The van der Waals surface area contributed by atoms with Crippen LogP contribution in [-0.4, -0.2) is 0 Å². The third kappa shape index (κ3) is 3.11. The van der Waals surface area contributed by atoms with Gasteiger partial charge in [0.2, 0.25) is 0 Å². The molecule has 0 aliphatic heterocycles. The fourth-order valence-electron chi connectivity index (χ4n) is 5.44. The van der Waals surface area contributed by atoms with E-state index in [4.69, 9.17) is 0 Å². The molecule has 0 N–H and O–H groups in total. The van der Waals surface area contributed by atoms with E-state index in [0.717, 1.165) is 6.42 Å². The lowest BCUT2D eigenvalue weighted by atomic mass is 9.76. The van der Waals surface area contributed by atoms with Gasteiger partial charge in [0.15, 0.2) is 0 Å². The van der Waals surface area contributed by atoms with E-state index in [1.165, 1.54) is 50.1 Å². The highest BCUT2D eigenvalue weighted by Crippen LogP contribution is 2.50. The number of fused-ring (bicyclic) bond motifs is 3. The van der Waals surface area contributed by atoms with E-state index in [2.05, 4.69) is 99.6 Å². The van der Waals surface area contributed by atoms with Crippen molar-refractivity contribution in [2.45, 2.75) is 86.5 Å². The van der Waals surface area contributed by atoms with Gasteiger partial charge in [-0.05, 0) is 93.7 Å². The van der Waals surface area contributed by atoms with Crippen molar-refractivity contribution in [2.75, 3.05) is 0 Å². The van der Waals surface area contributed by atoms with Crippen LogP contribution in [-0.2, 0) is 17.3 Å². The number of hydrogen-bond donors (Lipinski definition) is 0. The van der Waals surface area contributed by atoms with Gasteiger partial charge in [0, 0.05) is 5.92 Å². The van der Waals surface area contributed by atoms with Crippen molar-refractivity contribution in [1.82, 2.24) is 0 Å². The number of allylic oxidation sites excluding steroid dienone is 4. The molecule has 2 aromatic rings. The Balaban J connectivity index is 1.97. The molecule has 4 rings (SSSR count). The molecule has 0 amide bonds. The summed E-state index contributed by atoms with van der Waals surface area (Å²) in [5, 5.41) is 0. The van der Waals surface area contributed by atoms with Crippen molar-refractivity contribution in [3.8, 4) is 11.1 Å². The molecule has 1 atom stereocenters. The molecule has 2 aromatic carbocycles. The molecule has 0 aromatic heterocycles. The van der Waals surface area contributed by atoms with Crippen LogP contribution in [0.15, 0.2) is 47.1 Å². The maximum atomic E-state index is 2.46. The molecule has 0 fully saturated rings. The zero-order valence-electron chi connectivity index (χ0n) is 20.7. The summed E-state index contributed by atoms with van der Waals surface area (Å²) in [7, 11) is 0. The van der Waals surface area contributed by atoms with Crippen LogP contribution >= 0.6 is 0 Å². The van der Waals surface area contributed by atoms with E-state index in [1.807, 2.05) is 0 Å². The lowest BCUT2D eigenvalue weighted by Gasteiger charge is -2.28. The smallest absolute Gasteiger partial charge is 0.00317 e. The van der Waals surface area contributed by atoms with Crippen molar-refractivity contribution in [2.24, 2.45) is 5.92 Å². The minimum atomic E-state index is 0.118. The fourth-order valence-corrected chi connectivity index (χ4v) is 5.44. The third-order valence-electron chi connectivity index (χ3n) is 7.66. The van der Waals surface area contributed by atoms with E-state index in [-0.39, 0.29) is 10.8 Å². The Hall–Kier alpha value is -2.08. The van der Waals surface area contributed by atoms with Crippen LogP contribution in [0.5, 0.6) is 0 Å². The molecule has 0 heteroatoms. The Kier molecular flexibility index (Phi) is 4.73. The second kappa shape index (κ2) is 6.71. The van der Waals surface area contributed by atoms with Crippen molar-refractivity contribution >= 4 is 5.57 Å². The summed E-state index contributed by atoms with van der Waals surface area (Å²) >= 11 is 0. The molecular formula is C30H38. The molecule has 0 nitrogen and oxygen atoms in total. The second-order valence-electron chi connectivity index (χ2n) is 11.6. The molecule has 30 heavy (non-hydrogen) atoms. The summed E-state index contributed by atoms with van der Waals surface area (Å²) in [5.41, 5.74) is 16.8. The highest BCUT2D eigenvalue weighted by atomic mass is 14.4. The number of rotatable bonds is 1. The predicted octanol–water partition coefficient (Wildman–Crippen LogP) is 8.61. The van der Waals surface area contributed by atoms with Crippen molar-refractivity contribution in [3.63, 3.8) is 0 Å². The monoisotopic (exact) mass is 398 g/mol. The predicted molar refractivity (Wildman–Crippen MR) is 132 cm³/mol. The quantitative estimate of drug-likeness (QED) is 0.385. The first-order chi connectivity index (χ1) is 13.8. The number of benzene rings is 2. The second-order valence-corrected chi connectivity index (χ2v) is 11.6. The van der Waals surface area contributed by atoms with Gasteiger partial charge in [0.1, 0.15) is 0 Å². The fraction of sp³-hybridized carbons (Fsp3) is 0.467. The SMILES string of the molecule is CC1=C(C)C(C)C(c2c(C(C)(C)C)ccc3c2Cc2cc(C(C)(C)C)ccc2-3)=C1C. The largest absolute Gasteiger partial charge is 0.0629 e. The Bertz CT molecular complexity index is 1100. The Morgan fingerprint density at radius 1 is 0.767 bits per heavy atom. The van der Waals surface area contributed by atoms with Gasteiger partial charge in [-0.3, -0.25) is 0 Å². The normalized spacial score (nSPS) is 18.9. The molecule has 2 aliphatic rings. The topological polar surface area (TPSA) is 0 Å². The van der Waals surface area contributed by atoms with Gasteiger partial charge < -0.3 is 0 Å². The van der Waals surface area contributed by atoms with E-state index >= 15 is 0 Å². The average Bonchev–Trinajstić information content (AvgIpc) is 3.11. The standard InChI is InChI=1S/C30H38/c1-17-18(2)20(4)27(19(17)3)28-25-16-21-15-22(29(5,6)7)11-12-23(21)24(25)13-14-26(28)30(8,9)10/h11-15,19H,16H2,1-10H3. The molecule has 2 aliphatic carbocycles. The van der Waals surface area contributed by atoms with Crippen molar-refractivity contribution in [3.05, 3.63) is 74.9 Å². The van der Waals surface area contributed by atoms with Gasteiger partial charge in [0.25, 0.3) is 0 Å².